The fraction of sp³-hybridized carbons (Fsp3) is 0.667. The highest BCUT2D eigenvalue weighted by Gasteiger charge is 2.45. The van der Waals surface area contributed by atoms with E-state index in [1.54, 1.807) is 12.2 Å². The van der Waals surface area contributed by atoms with Gasteiger partial charge in [0.25, 0.3) is 0 Å². The minimum Gasteiger partial charge on any atom is -0.389 e. The Kier molecular flexibility index (Phi) is 3.03. The lowest BCUT2D eigenvalue weighted by molar-refractivity contribution is -0.122. The molecule has 2 aliphatic carbocycles. The quantitative estimate of drug-likeness (QED) is 0.757. The first-order valence-electron chi connectivity index (χ1n) is 6.48. The molecule has 0 aromatic carbocycles. The molecule has 0 unspecified atom stereocenters. The second kappa shape index (κ2) is 4.09. The smallest absolute Gasteiger partial charge is 0.159 e. The Hall–Kier alpha value is -0.890. The lowest BCUT2D eigenvalue weighted by atomic mass is 9.58. The summed E-state index contributed by atoms with van der Waals surface area (Å²) in [7, 11) is 0. The van der Waals surface area contributed by atoms with E-state index in [4.69, 9.17) is 0 Å². The predicted octanol–water partition coefficient (Wildman–Crippen LogP) is 2.73. The average Bonchev–Trinajstić information content (AvgIpc) is 2.26. The van der Waals surface area contributed by atoms with Crippen molar-refractivity contribution >= 4 is 5.78 Å². The van der Waals surface area contributed by atoms with Gasteiger partial charge in [-0.25, -0.2) is 0 Å². The number of carbonyl (C=O) groups excluding carboxylic acids is 1. The molecular formula is C15H22O2. The van der Waals surface area contributed by atoms with Crippen LogP contribution in [-0.2, 0) is 4.79 Å². The summed E-state index contributed by atoms with van der Waals surface area (Å²) in [5.41, 5.74) is 1.04. The molecule has 1 N–H and O–H groups in total. The topological polar surface area (TPSA) is 37.3 Å². The molecule has 94 valence electrons. The maximum absolute atomic E-state index is 12.0. The van der Waals surface area contributed by atoms with Gasteiger partial charge in [0, 0.05) is 5.92 Å². The van der Waals surface area contributed by atoms with Crippen molar-refractivity contribution in [3.63, 3.8) is 0 Å². The van der Waals surface area contributed by atoms with Crippen LogP contribution in [0.25, 0.3) is 0 Å². The summed E-state index contributed by atoms with van der Waals surface area (Å²) in [5, 5.41) is 9.97. The molecule has 2 aliphatic rings. The predicted molar refractivity (Wildman–Crippen MR) is 68.5 cm³/mol. The summed E-state index contributed by atoms with van der Waals surface area (Å²) in [6, 6.07) is 0. The van der Waals surface area contributed by atoms with E-state index in [1.165, 1.54) is 0 Å². The molecule has 0 fully saturated rings. The van der Waals surface area contributed by atoms with Crippen LogP contribution in [-0.4, -0.2) is 17.0 Å². The van der Waals surface area contributed by atoms with Crippen molar-refractivity contribution in [2.24, 2.45) is 23.2 Å². The Morgan fingerprint density at radius 2 is 2.12 bits per heavy atom. The van der Waals surface area contributed by atoms with Crippen LogP contribution in [0.3, 0.4) is 0 Å². The Morgan fingerprint density at radius 3 is 2.71 bits per heavy atom. The highest BCUT2D eigenvalue weighted by molar-refractivity contribution is 5.94. The van der Waals surface area contributed by atoms with Crippen LogP contribution >= 0.6 is 0 Å². The largest absolute Gasteiger partial charge is 0.389 e. The van der Waals surface area contributed by atoms with E-state index in [0.717, 1.165) is 12.0 Å². The summed E-state index contributed by atoms with van der Waals surface area (Å²) in [5.74, 6) is 0.895. The van der Waals surface area contributed by atoms with E-state index in [0.29, 0.717) is 5.92 Å². The Balaban J connectivity index is 2.43. The maximum atomic E-state index is 12.0. The van der Waals surface area contributed by atoms with Crippen molar-refractivity contribution in [2.45, 2.75) is 40.2 Å². The summed E-state index contributed by atoms with van der Waals surface area (Å²) < 4.78 is 0. The number of aliphatic hydroxyl groups excluding tert-OH is 1. The minimum atomic E-state index is -0.391. The Labute approximate surface area is 103 Å². The van der Waals surface area contributed by atoms with Crippen LogP contribution in [0, 0.1) is 23.2 Å². The second-order valence-corrected chi connectivity index (χ2v) is 6.11. The number of rotatable bonds is 1. The molecule has 0 amide bonds. The molecule has 2 rings (SSSR count). The van der Waals surface area contributed by atoms with Crippen LogP contribution in [0.4, 0.5) is 0 Å². The Bertz CT molecular complexity index is 392. The van der Waals surface area contributed by atoms with Gasteiger partial charge in [0.15, 0.2) is 5.78 Å². The molecule has 17 heavy (non-hydrogen) atoms. The van der Waals surface area contributed by atoms with Crippen molar-refractivity contribution in [2.75, 3.05) is 0 Å². The molecule has 0 aliphatic heterocycles. The van der Waals surface area contributed by atoms with Gasteiger partial charge in [0.05, 0.1) is 6.10 Å². The van der Waals surface area contributed by atoms with Gasteiger partial charge in [0.2, 0.25) is 0 Å². The number of hydrogen-bond donors (Lipinski definition) is 1. The number of fused-ring (bicyclic) bond motifs is 1. The number of ketones is 1. The SMILES string of the molecule is CC(C)[C@@H]1C[C@@]2(C)C(=CC1=O)C=C[C@@H](O)[C@@H]2C. The van der Waals surface area contributed by atoms with E-state index < -0.39 is 6.10 Å². The molecule has 0 aromatic rings. The molecular weight excluding hydrogens is 212 g/mol. The average molecular weight is 234 g/mol. The van der Waals surface area contributed by atoms with E-state index in [-0.39, 0.29) is 23.0 Å². The van der Waals surface area contributed by atoms with Crippen LogP contribution in [0.2, 0.25) is 0 Å². The third kappa shape index (κ3) is 1.89. The zero-order valence-corrected chi connectivity index (χ0v) is 11.1. The monoisotopic (exact) mass is 234 g/mol. The molecule has 4 atom stereocenters. The highest BCUT2D eigenvalue weighted by Crippen LogP contribution is 2.50. The fourth-order valence-corrected chi connectivity index (χ4v) is 3.10. The summed E-state index contributed by atoms with van der Waals surface area (Å²) in [4.78, 5) is 12.0. The standard InChI is InChI=1S/C15H22O2/c1-9(2)12-8-15(4)10(3)13(16)6-5-11(15)7-14(12)17/h5-7,9-10,12-13,16H,8H2,1-4H3/t10-,12-,13+,15+/m0/s1. The van der Waals surface area contributed by atoms with E-state index in [2.05, 4.69) is 27.7 Å². The number of allylic oxidation sites excluding steroid dienone is 3. The van der Waals surface area contributed by atoms with E-state index >= 15 is 0 Å². The van der Waals surface area contributed by atoms with Gasteiger partial charge in [-0.2, -0.15) is 0 Å². The Morgan fingerprint density at radius 1 is 1.47 bits per heavy atom. The third-order valence-electron chi connectivity index (χ3n) is 4.76. The second-order valence-electron chi connectivity index (χ2n) is 6.11. The molecule has 0 saturated carbocycles. The first-order chi connectivity index (χ1) is 7.86. The van der Waals surface area contributed by atoms with Crippen molar-refractivity contribution in [3.05, 3.63) is 23.8 Å². The molecule has 0 bridgehead atoms. The first kappa shape index (κ1) is 12.6. The van der Waals surface area contributed by atoms with Gasteiger partial charge in [-0.3, -0.25) is 4.79 Å². The zero-order chi connectivity index (χ0) is 12.8. The van der Waals surface area contributed by atoms with Crippen molar-refractivity contribution < 1.29 is 9.90 Å². The van der Waals surface area contributed by atoms with Crippen LogP contribution in [0.15, 0.2) is 23.8 Å². The van der Waals surface area contributed by atoms with Gasteiger partial charge in [-0.05, 0) is 35.3 Å². The van der Waals surface area contributed by atoms with Gasteiger partial charge >= 0.3 is 0 Å². The zero-order valence-electron chi connectivity index (χ0n) is 11.1. The van der Waals surface area contributed by atoms with Gasteiger partial charge in [0.1, 0.15) is 0 Å². The lowest BCUT2D eigenvalue weighted by Gasteiger charge is -2.46. The minimum absolute atomic E-state index is 0.0585. The third-order valence-corrected chi connectivity index (χ3v) is 4.76. The number of carbonyl (C=O) groups is 1. The van der Waals surface area contributed by atoms with Crippen LogP contribution in [0.1, 0.15) is 34.1 Å². The summed E-state index contributed by atoms with van der Waals surface area (Å²) >= 11 is 0. The summed E-state index contributed by atoms with van der Waals surface area (Å²) in [6.45, 7) is 8.46. The van der Waals surface area contributed by atoms with Crippen molar-refractivity contribution in [1.29, 1.82) is 0 Å². The van der Waals surface area contributed by atoms with Gasteiger partial charge in [-0.15, -0.1) is 0 Å². The molecule has 2 heteroatoms. The summed E-state index contributed by atoms with van der Waals surface area (Å²) in [6.07, 6.45) is 6.00. The number of aliphatic hydroxyl groups is 1. The lowest BCUT2D eigenvalue weighted by Crippen LogP contribution is -2.43. The van der Waals surface area contributed by atoms with E-state index in [1.807, 2.05) is 6.08 Å². The van der Waals surface area contributed by atoms with E-state index in [9.17, 15) is 9.90 Å². The molecule has 2 nitrogen and oxygen atoms in total. The molecule has 0 saturated heterocycles. The normalized spacial score (nSPS) is 41.4. The van der Waals surface area contributed by atoms with Crippen molar-refractivity contribution in [1.82, 2.24) is 0 Å². The molecule has 0 aromatic heterocycles. The fourth-order valence-electron chi connectivity index (χ4n) is 3.10. The van der Waals surface area contributed by atoms with Crippen LogP contribution in [0.5, 0.6) is 0 Å². The molecule has 0 spiro atoms. The molecule has 0 heterocycles. The maximum Gasteiger partial charge on any atom is 0.159 e. The van der Waals surface area contributed by atoms with Crippen LogP contribution < -0.4 is 0 Å². The van der Waals surface area contributed by atoms with Crippen molar-refractivity contribution in [3.8, 4) is 0 Å². The first-order valence-corrected chi connectivity index (χ1v) is 6.48. The van der Waals surface area contributed by atoms with Gasteiger partial charge < -0.3 is 5.11 Å². The number of hydrogen-bond acceptors (Lipinski definition) is 2. The van der Waals surface area contributed by atoms with Gasteiger partial charge in [-0.1, -0.05) is 39.8 Å². The highest BCUT2D eigenvalue weighted by atomic mass is 16.3. The molecule has 0 radical (unpaired) electrons.